The highest BCUT2D eigenvalue weighted by Gasteiger charge is 2.33. The van der Waals surface area contributed by atoms with Gasteiger partial charge in [0.1, 0.15) is 12.0 Å². The average molecular weight is 315 g/mol. The maximum atomic E-state index is 13.0. The van der Waals surface area contributed by atoms with Gasteiger partial charge in [-0.3, -0.25) is 4.79 Å². The third-order valence-electron chi connectivity index (χ3n) is 3.60. The number of alkyl halides is 3. The molecule has 0 amide bonds. The Morgan fingerprint density at radius 1 is 1.00 bits per heavy atom. The SMILES string of the molecule is O=Cc1ccc(Cc2cc(C(F)(F)F)nc3ccccc23)cc1. The number of hydrogen-bond donors (Lipinski definition) is 0. The number of carbonyl (C=O) groups is 1. The molecule has 2 aromatic carbocycles. The summed E-state index contributed by atoms with van der Waals surface area (Å²) in [4.78, 5) is 14.4. The summed E-state index contributed by atoms with van der Waals surface area (Å²) in [6.45, 7) is 0. The summed E-state index contributed by atoms with van der Waals surface area (Å²) in [5.41, 5.74) is 1.35. The van der Waals surface area contributed by atoms with Crippen molar-refractivity contribution in [1.82, 2.24) is 4.98 Å². The van der Waals surface area contributed by atoms with Crippen molar-refractivity contribution in [2.45, 2.75) is 12.6 Å². The fraction of sp³-hybridized carbons (Fsp3) is 0.111. The maximum Gasteiger partial charge on any atom is 0.433 e. The van der Waals surface area contributed by atoms with Gasteiger partial charge in [-0.15, -0.1) is 0 Å². The maximum absolute atomic E-state index is 13.0. The summed E-state index contributed by atoms with van der Waals surface area (Å²) in [5.74, 6) is 0. The minimum atomic E-state index is -4.49. The molecule has 3 rings (SSSR count). The minimum Gasteiger partial charge on any atom is -0.298 e. The van der Waals surface area contributed by atoms with Crippen LogP contribution in [0.4, 0.5) is 13.2 Å². The van der Waals surface area contributed by atoms with Gasteiger partial charge in [-0.1, -0.05) is 42.5 Å². The molecule has 0 aliphatic rings. The number of pyridine rings is 1. The van der Waals surface area contributed by atoms with Gasteiger partial charge in [0.25, 0.3) is 0 Å². The Hall–Kier alpha value is -2.69. The number of rotatable bonds is 3. The van der Waals surface area contributed by atoms with E-state index in [9.17, 15) is 18.0 Å². The molecule has 0 N–H and O–H groups in total. The molecule has 23 heavy (non-hydrogen) atoms. The Balaban J connectivity index is 2.08. The van der Waals surface area contributed by atoms with Crippen LogP contribution in [0.15, 0.2) is 54.6 Å². The lowest BCUT2D eigenvalue weighted by molar-refractivity contribution is -0.141. The molecule has 1 aromatic heterocycles. The second-order valence-corrected chi connectivity index (χ2v) is 5.22. The molecule has 116 valence electrons. The summed E-state index contributed by atoms with van der Waals surface area (Å²) in [7, 11) is 0. The first-order valence-electron chi connectivity index (χ1n) is 6.97. The molecular weight excluding hydrogens is 303 g/mol. The Labute approximate surface area is 130 Å². The smallest absolute Gasteiger partial charge is 0.298 e. The van der Waals surface area contributed by atoms with E-state index in [-0.39, 0.29) is 0 Å². The fourth-order valence-corrected chi connectivity index (χ4v) is 2.47. The molecule has 0 aliphatic carbocycles. The quantitative estimate of drug-likeness (QED) is 0.658. The molecule has 0 bridgehead atoms. The number of nitrogens with zero attached hydrogens (tertiary/aromatic N) is 1. The van der Waals surface area contributed by atoms with E-state index in [4.69, 9.17) is 0 Å². The molecule has 0 radical (unpaired) electrons. The van der Waals surface area contributed by atoms with E-state index in [0.717, 1.165) is 17.9 Å². The van der Waals surface area contributed by atoms with E-state index >= 15 is 0 Å². The van der Waals surface area contributed by atoms with Gasteiger partial charge < -0.3 is 0 Å². The highest BCUT2D eigenvalue weighted by molar-refractivity contribution is 5.83. The van der Waals surface area contributed by atoms with Crippen molar-refractivity contribution in [1.29, 1.82) is 0 Å². The molecule has 0 saturated carbocycles. The number of aromatic nitrogens is 1. The molecule has 5 heteroatoms. The first-order valence-corrected chi connectivity index (χ1v) is 6.97. The van der Waals surface area contributed by atoms with Gasteiger partial charge in [0, 0.05) is 10.9 Å². The highest BCUT2D eigenvalue weighted by Crippen LogP contribution is 2.31. The van der Waals surface area contributed by atoms with Gasteiger partial charge in [0.15, 0.2) is 0 Å². The van der Waals surface area contributed by atoms with Gasteiger partial charge in [-0.05, 0) is 29.7 Å². The van der Waals surface area contributed by atoms with Crippen LogP contribution in [-0.4, -0.2) is 11.3 Å². The van der Waals surface area contributed by atoms with Crippen molar-refractivity contribution < 1.29 is 18.0 Å². The van der Waals surface area contributed by atoms with Crippen molar-refractivity contribution in [2.75, 3.05) is 0 Å². The summed E-state index contributed by atoms with van der Waals surface area (Å²) < 4.78 is 39.1. The predicted molar refractivity (Wildman–Crippen MR) is 81.4 cm³/mol. The summed E-state index contributed by atoms with van der Waals surface area (Å²) in [6.07, 6.45) is -3.42. The standard InChI is InChI=1S/C18H12F3NO/c19-18(20,21)17-10-14(15-3-1-2-4-16(15)22-17)9-12-5-7-13(11-23)8-6-12/h1-8,10-11H,9H2. The number of fused-ring (bicyclic) bond motifs is 1. The molecule has 0 spiro atoms. The Kier molecular flexibility index (Phi) is 3.86. The topological polar surface area (TPSA) is 30.0 Å². The van der Waals surface area contributed by atoms with Crippen LogP contribution in [0.3, 0.4) is 0 Å². The lowest BCUT2D eigenvalue weighted by Crippen LogP contribution is -2.09. The lowest BCUT2D eigenvalue weighted by Gasteiger charge is -2.12. The second-order valence-electron chi connectivity index (χ2n) is 5.22. The van der Waals surface area contributed by atoms with Crippen LogP contribution in [0.25, 0.3) is 10.9 Å². The first-order chi connectivity index (χ1) is 11.0. The molecule has 2 nitrogen and oxygen atoms in total. The first kappa shape index (κ1) is 15.2. The molecule has 0 fully saturated rings. The van der Waals surface area contributed by atoms with Crippen LogP contribution in [0.1, 0.15) is 27.2 Å². The van der Waals surface area contributed by atoms with E-state index < -0.39 is 11.9 Å². The molecule has 0 aliphatic heterocycles. The van der Waals surface area contributed by atoms with Crippen molar-refractivity contribution in [3.63, 3.8) is 0 Å². The predicted octanol–water partition coefficient (Wildman–Crippen LogP) is 4.66. The highest BCUT2D eigenvalue weighted by atomic mass is 19.4. The molecule has 1 heterocycles. The Morgan fingerprint density at radius 2 is 1.70 bits per heavy atom. The monoisotopic (exact) mass is 315 g/mol. The largest absolute Gasteiger partial charge is 0.433 e. The van der Waals surface area contributed by atoms with Gasteiger partial charge in [-0.2, -0.15) is 13.2 Å². The number of hydrogen-bond acceptors (Lipinski definition) is 2. The van der Waals surface area contributed by atoms with E-state index in [1.807, 2.05) is 0 Å². The Bertz CT molecular complexity index is 854. The van der Waals surface area contributed by atoms with Gasteiger partial charge in [-0.25, -0.2) is 4.98 Å². The summed E-state index contributed by atoms with van der Waals surface area (Å²) in [5, 5.41) is 0.694. The average Bonchev–Trinajstić information content (AvgIpc) is 2.54. The number of halogens is 3. The number of benzene rings is 2. The van der Waals surface area contributed by atoms with Crippen molar-refractivity contribution in [2.24, 2.45) is 0 Å². The van der Waals surface area contributed by atoms with E-state index in [1.54, 1.807) is 48.5 Å². The molecule has 0 saturated heterocycles. The van der Waals surface area contributed by atoms with Crippen LogP contribution < -0.4 is 0 Å². The minimum absolute atomic E-state index is 0.321. The van der Waals surface area contributed by atoms with Crippen LogP contribution >= 0.6 is 0 Å². The zero-order valence-corrected chi connectivity index (χ0v) is 12.0. The number of para-hydroxylation sites is 1. The molecule has 3 aromatic rings. The molecular formula is C18H12F3NO. The zero-order valence-electron chi connectivity index (χ0n) is 12.0. The van der Waals surface area contributed by atoms with Crippen LogP contribution in [0.5, 0.6) is 0 Å². The summed E-state index contributed by atoms with van der Waals surface area (Å²) >= 11 is 0. The van der Waals surface area contributed by atoms with E-state index in [2.05, 4.69) is 4.98 Å². The van der Waals surface area contributed by atoms with Crippen LogP contribution in [0, 0.1) is 0 Å². The van der Waals surface area contributed by atoms with Crippen LogP contribution in [0.2, 0.25) is 0 Å². The van der Waals surface area contributed by atoms with Crippen LogP contribution in [-0.2, 0) is 12.6 Å². The zero-order chi connectivity index (χ0) is 16.4. The van der Waals surface area contributed by atoms with Crippen molar-refractivity contribution in [3.05, 3.63) is 77.0 Å². The van der Waals surface area contributed by atoms with Gasteiger partial charge in [0.2, 0.25) is 0 Å². The number of carbonyl (C=O) groups excluding carboxylic acids is 1. The van der Waals surface area contributed by atoms with Gasteiger partial charge in [0.05, 0.1) is 5.52 Å². The van der Waals surface area contributed by atoms with Crippen molar-refractivity contribution >= 4 is 17.2 Å². The lowest BCUT2D eigenvalue weighted by atomic mass is 9.99. The van der Waals surface area contributed by atoms with Gasteiger partial charge >= 0.3 is 6.18 Å². The summed E-state index contributed by atoms with van der Waals surface area (Å²) in [6, 6.07) is 14.6. The molecule has 0 unspecified atom stereocenters. The fourth-order valence-electron chi connectivity index (χ4n) is 2.47. The number of aldehydes is 1. The third-order valence-corrected chi connectivity index (χ3v) is 3.60. The normalized spacial score (nSPS) is 11.6. The third kappa shape index (κ3) is 3.23. The van der Waals surface area contributed by atoms with E-state index in [0.29, 0.717) is 28.5 Å². The molecule has 0 atom stereocenters. The van der Waals surface area contributed by atoms with E-state index in [1.165, 1.54) is 0 Å². The Morgan fingerprint density at radius 3 is 2.35 bits per heavy atom. The second kappa shape index (κ2) is 5.83. The van der Waals surface area contributed by atoms with Crippen molar-refractivity contribution in [3.8, 4) is 0 Å².